The van der Waals surface area contributed by atoms with Gasteiger partial charge in [0, 0.05) is 31.7 Å². The van der Waals surface area contributed by atoms with Crippen LogP contribution in [0.4, 0.5) is 0 Å². The lowest BCUT2D eigenvalue weighted by molar-refractivity contribution is -0.186. The van der Waals surface area contributed by atoms with E-state index < -0.39 is 22.2 Å². The Bertz CT molecular complexity index is 776. The van der Waals surface area contributed by atoms with Gasteiger partial charge in [-0.2, -0.15) is 4.31 Å². The number of ether oxygens (including phenoxy) is 1. The molecule has 2 saturated heterocycles. The smallest absolute Gasteiger partial charge is 0.274 e. The fourth-order valence-corrected chi connectivity index (χ4v) is 4.19. The van der Waals surface area contributed by atoms with Crippen LogP contribution >= 0.6 is 0 Å². The van der Waals surface area contributed by atoms with Crippen LogP contribution in [0.25, 0.3) is 0 Å². The lowest BCUT2D eigenvalue weighted by Gasteiger charge is -2.26. The molecule has 2 amide bonds. The van der Waals surface area contributed by atoms with Gasteiger partial charge in [0.1, 0.15) is 0 Å². The van der Waals surface area contributed by atoms with Crippen LogP contribution in [-0.4, -0.2) is 57.1 Å². The fraction of sp³-hybridized carbons (Fsp3) is 0.500. The molecule has 10 heteroatoms. The number of benzene rings is 1. The molecule has 3 rings (SSSR count). The van der Waals surface area contributed by atoms with E-state index >= 15 is 0 Å². The number of rotatable bonds is 5. The second-order valence-electron chi connectivity index (χ2n) is 6.06. The van der Waals surface area contributed by atoms with Gasteiger partial charge in [0.25, 0.3) is 5.91 Å². The summed E-state index contributed by atoms with van der Waals surface area (Å²) in [6.45, 7) is 0.790. The molecule has 26 heavy (non-hydrogen) atoms. The Labute approximate surface area is 151 Å². The fourth-order valence-electron chi connectivity index (χ4n) is 2.75. The Morgan fingerprint density at radius 2 is 2.19 bits per heavy atom. The minimum Gasteiger partial charge on any atom is -0.354 e. The van der Waals surface area contributed by atoms with Crippen molar-refractivity contribution in [3.05, 3.63) is 29.8 Å². The van der Waals surface area contributed by atoms with Gasteiger partial charge in [-0.25, -0.2) is 18.7 Å². The Balaban J connectivity index is 1.68. The van der Waals surface area contributed by atoms with E-state index in [9.17, 15) is 18.0 Å². The molecule has 0 radical (unpaired) electrons. The van der Waals surface area contributed by atoms with Crippen LogP contribution in [0.15, 0.2) is 29.2 Å². The largest absolute Gasteiger partial charge is 0.354 e. The molecule has 2 heterocycles. The van der Waals surface area contributed by atoms with E-state index in [1.807, 2.05) is 0 Å². The Morgan fingerprint density at radius 1 is 1.35 bits per heavy atom. The van der Waals surface area contributed by atoms with Gasteiger partial charge in [-0.05, 0) is 31.0 Å². The summed E-state index contributed by atoms with van der Waals surface area (Å²) >= 11 is 0. The van der Waals surface area contributed by atoms with Crippen molar-refractivity contribution in [1.29, 1.82) is 0 Å². The molecular formula is C16H21N3O6S. The molecule has 0 bridgehead atoms. The molecule has 9 nitrogen and oxygen atoms in total. The number of amides is 2. The second-order valence-corrected chi connectivity index (χ2v) is 8.00. The number of hydrogen-bond donors (Lipinski definition) is 2. The van der Waals surface area contributed by atoms with Gasteiger partial charge in [-0.15, -0.1) is 0 Å². The normalized spacial score (nSPS) is 21.8. The molecule has 2 aliphatic rings. The molecule has 0 saturated carbocycles. The summed E-state index contributed by atoms with van der Waals surface area (Å²) < 4.78 is 31.8. The first-order chi connectivity index (χ1) is 12.5. The SMILES string of the molecule is O=C1CN(S(=O)(=O)c2cccc(C(=O)NOC3CCCCO3)c2)CCN1. The molecule has 1 aromatic carbocycles. The molecule has 0 aliphatic carbocycles. The Kier molecular flexibility index (Phi) is 5.87. The maximum absolute atomic E-state index is 12.7. The van der Waals surface area contributed by atoms with Crippen LogP contribution < -0.4 is 10.8 Å². The molecule has 0 spiro atoms. The van der Waals surface area contributed by atoms with Crippen LogP contribution in [0.1, 0.15) is 29.6 Å². The number of carbonyl (C=O) groups is 2. The quantitative estimate of drug-likeness (QED) is 0.692. The van der Waals surface area contributed by atoms with Crippen molar-refractivity contribution in [2.24, 2.45) is 0 Å². The van der Waals surface area contributed by atoms with Crippen LogP contribution in [-0.2, 0) is 24.4 Å². The van der Waals surface area contributed by atoms with E-state index in [1.54, 1.807) is 0 Å². The Morgan fingerprint density at radius 3 is 2.92 bits per heavy atom. The molecule has 2 aliphatic heterocycles. The zero-order valence-corrected chi connectivity index (χ0v) is 15.0. The average Bonchev–Trinajstić information content (AvgIpc) is 2.67. The molecule has 2 fully saturated rings. The first-order valence-electron chi connectivity index (χ1n) is 8.41. The summed E-state index contributed by atoms with van der Waals surface area (Å²) in [6, 6.07) is 5.62. The highest BCUT2D eigenvalue weighted by Gasteiger charge is 2.29. The first kappa shape index (κ1) is 18.8. The Hall–Kier alpha value is -2.01. The highest BCUT2D eigenvalue weighted by Crippen LogP contribution is 2.18. The summed E-state index contributed by atoms with van der Waals surface area (Å²) in [5.41, 5.74) is 2.44. The number of nitrogens with one attached hydrogen (secondary N) is 2. The van der Waals surface area contributed by atoms with Crippen molar-refractivity contribution in [2.75, 3.05) is 26.2 Å². The van der Waals surface area contributed by atoms with Gasteiger partial charge in [0.2, 0.25) is 15.9 Å². The maximum Gasteiger partial charge on any atom is 0.274 e. The van der Waals surface area contributed by atoms with E-state index in [4.69, 9.17) is 9.57 Å². The van der Waals surface area contributed by atoms with Gasteiger partial charge in [-0.1, -0.05) is 6.07 Å². The van der Waals surface area contributed by atoms with Gasteiger partial charge in [0.05, 0.1) is 11.4 Å². The molecule has 142 valence electrons. The van der Waals surface area contributed by atoms with Crippen molar-refractivity contribution in [2.45, 2.75) is 30.4 Å². The van der Waals surface area contributed by atoms with E-state index in [0.29, 0.717) is 13.0 Å². The average molecular weight is 383 g/mol. The third kappa shape index (κ3) is 4.39. The van der Waals surface area contributed by atoms with Gasteiger partial charge in [0.15, 0.2) is 6.29 Å². The molecule has 1 atom stereocenters. The number of carbonyl (C=O) groups excluding carboxylic acids is 2. The van der Waals surface area contributed by atoms with E-state index in [0.717, 1.165) is 17.1 Å². The second kappa shape index (κ2) is 8.12. The first-order valence-corrected chi connectivity index (χ1v) is 9.85. The van der Waals surface area contributed by atoms with Gasteiger partial charge < -0.3 is 10.1 Å². The monoisotopic (exact) mass is 383 g/mol. The highest BCUT2D eigenvalue weighted by molar-refractivity contribution is 7.89. The zero-order chi connectivity index (χ0) is 18.6. The van der Waals surface area contributed by atoms with Crippen molar-refractivity contribution in [3.8, 4) is 0 Å². The van der Waals surface area contributed by atoms with Crippen molar-refractivity contribution in [3.63, 3.8) is 0 Å². The maximum atomic E-state index is 12.7. The van der Waals surface area contributed by atoms with Crippen LogP contribution in [0.2, 0.25) is 0 Å². The van der Waals surface area contributed by atoms with Crippen LogP contribution in [0.5, 0.6) is 0 Å². The minimum atomic E-state index is -3.86. The lowest BCUT2D eigenvalue weighted by Crippen LogP contribution is -2.49. The predicted molar refractivity (Wildman–Crippen MR) is 90.4 cm³/mol. The number of nitrogens with zero attached hydrogens (tertiary/aromatic N) is 1. The predicted octanol–water partition coefficient (Wildman–Crippen LogP) is -0.00490. The summed E-state index contributed by atoms with van der Waals surface area (Å²) in [4.78, 5) is 28.9. The molecular weight excluding hydrogens is 362 g/mol. The van der Waals surface area contributed by atoms with Crippen LogP contribution in [0, 0.1) is 0 Å². The number of hydrogen-bond acceptors (Lipinski definition) is 6. The molecule has 1 aromatic rings. The molecule has 1 unspecified atom stereocenters. The minimum absolute atomic E-state index is 0.0474. The zero-order valence-electron chi connectivity index (χ0n) is 14.1. The van der Waals surface area contributed by atoms with Gasteiger partial charge >= 0.3 is 0 Å². The van der Waals surface area contributed by atoms with Gasteiger partial charge in [-0.3, -0.25) is 9.59 Å². The number of piperazine rings is 1. The summed E-state index contributed by atoms with van der Waals surface area (Å²) in [5.74, 6) is -0.915. The van der Waals surface area contributed by atoms with Crippen molar-refractivity contribution in [1.82, 2.24) is 15.1 Å². The number of sulfonamides is 1. The van der Waals surface area contributed by atoms with E-state index in [1.165, 1.54) is 24.3 Å². The molecule has 2 N–H and O–H groups in total. The third-order valence-electron chi connectivity index (χ3n) is 4.16. The molecule has 0 aromatic heterocycles. The summed E-state index contributed by atoms with van der Waals surface area (Å²) in [6.07, 6.45) is 2.11. The number of hydroxylamine groups is 1. The topological polar surface area (TPSA) is 114 Å². The summed E-state index contributed by atoms with van der Waals surface area (Å²) in [5, 5.41) is 2.58. The third-order valence-corrected chi connectivity index (χ3v) is 6.00. The van der Waals surface area contributed by atoms with E-state index in [-0.39, 0.29) is 36.0 Å². The standard InChI is InChI=1S/C16H21N3O6S/c20-14-11-19(8-7-17-14)26(22,23)13-5-3-4-12(10-13)16(21)18-25-15-6-1-2-9-24-15/h3-5,10,15H,1-2,6-9,11H2,(H,17,20)(H,18,21). The highest BCUT2D eigenvalue weighted by atomic mass is 32.2. The van der Waals surface area contributed by atoms with Crippen LogP contribution in [0.3, 0.4) is 0 Å². The van der Waals surface area contributed by atoms with Crippen molar-refractivity contribution >= 4 is 21.8 Å². The van der Waals surface area contributed by atoms with Crippen molar-refractivity contribution < 1.29 is 27.6 Å². The van der Waals surface area contributed by atoms with E-state index in [2.05, 4.69) is 10.8 Å². The summed E-state index contributed by atoms with van der Waals surface area (Å²) in [7, 11) is -3.86. The lowest BCUT2D eigenvalue weighted by atomic mass is 10.2.